The number of rotatable bonds is 6. The molecule has 0 radical (unpaired) electrons. The molecule has 2 atom stereocenters. The Balaban J connectivity index is 3.17. The van der Waals surface area contributed by atoms with Crippen molar-refractivity contribution in [3.63, 3.8) is 0 Å². The number of hydrogen-bond acceptors (Lipinski definition) is 5. The molecule has 92 valence electrons. The highest BCUT2D eigenvalue weighted by Gasteiger charge is 2.43. The second-order valence-electron chi connectivity index (χ2n) is 3.62. The van der Waals surface area contributed by atoms with Crippen molar-refractivity contribution in [2.45, 2.75) is 11.5 Å². The molecule has 0 bridgehead atoms. The molecule has 0 aliphatic carbocycles. The molecule has 1 aromatic heterocycles. The fraction of sp³-hybridized carbons (Fsp3) is 0.364. The van der Waals surface area contributed by atoms with Crippen molar-refractivity contribution in [3.8, 4) is 0 Å². The molecule has 17 heavy (non-hydrogen) atoms. The van der Waals surface area contributed by atoms with Crippen LogP contribution in [-0.4, -0.2) is 39.9 Å². The van der Waals surface area contributed by atoms with E-state index in [0.29, 0.717) is 11.4 Å². The van der Waals surface area contributed by atoms with E-state index in [4.69, 9.17) is 10.8 Å². The Kier molecular flexibility index (Phi) is 4.65. The van der Waals surface area contributed by atoms with Gasteiger partial charge in [0.1, 0.15) is 0 Å². The van der Waals surface area contributed by atoms with E-state index in [-0.39, 0.29) is 6.29 Å². The van der Waals surface area contributed by atoms with E-state index < -0.39 is 17.4 Å². The number of nitrogens with two attached hydrogens (primary N) is 1. The normalized spacial score (nSPS) is 15.9. The van der Waals surface area contributed by atoms with Crippen molar-refractivity contribution in [2.24, 2.45) is 5.73 Å². The van der Waals surface area contributed by atoms with Gasteiger partial charge in [-0.1, -0.05) is 6.07 Å². The Morgan fingerprint density at radius 3 is 2.82 bits per heavy atom. The van der Waals surface area contributed by atoms with Crippen LogP contribution in [0.15, 0.2) is 24.4 Å². The fourth-order valence-corrected chi connectivity index (χ4v) is 2.28. The van der Waals surface area contributed by atoms with Crippen LogP contribution in [0.4, 0.5) is 0 Å². The third kappa shape index (κ3) is 2.83. The van der Waals surface area contributed by atoms with Crippen LogP contribution in [-0.2, 0) is 9.59 Å². The Morgan fingerprint density at radius 1 is 1.71 bits per heavy atom. The maximum atomic E-state index is 11.1. The number of nitrogens with zero attached hydrogens (tertiary/aromatic N) is 1. The number of aliphatic carboxylic acids is 1. The van der Waals surface area contributed by atoms with Gasteiger partial charge in [-0.15, -0.1) is 0 Å². The number of carbonyl (C=O) groups excluding carboxylic acids is 1. The van der Waals surface area contributed by atoms with Gasteiger partial charge in [0.2, 0.25) is 0 Å². The molecule has 3 N–H and O–H groups in total. The standard InChI is InChI=1S/C11H14N2O3S/c1-17-6-8(9-4-2-3-5-13-9)11(12,7-14)10(15)16/h2-5,7-8H,6,12H2,1H3,(H,15,16). The predicted octanol–water partition coefficient (Wildman–Crippen LogP) is 0.509. The Morgan fingerprint density at radius 2 is 2.41 bits per heavy atom. The van der Waals surface area contributed by atoms with Crippen LogP contribution < -0.4 is 5.73 Å². The molecular weight excluding hydrogens is 240 g/mol. The molecule has 1 aromatic rings. The molecular formula is C11H14N2O3S. The number of aromatic nitrogens is 1. The van der Waals surface area contributed by atoms with Crippen LogP contribution in [0.1, 0.15) is 11.6 Å². The van der Waals surface area contributed by atoms with Gasteiger partial charge >= 0.3 is 5.97 Å². The highest BCUT2D eigenvalue weighted by atomic mass is 32.2. The fourth-order valence-electron chi connectivity index (χ4n) is 1.50. The molecule has 0 fully saturated rings. The topological polar surface area (TPSA) is 93.3 Å². The van der Waals surface area contributed by atoms with Gasteiger partial charge in [0, 0.05) is 23.6 Å². The van der Waals surface area contributed by atoms with E-state index in [1.54, 1.807) is 24.4 Å². The van der Waals surface area contributed by atoms with Crippen molar-refractivity contribution >= 4 is 24.0 Å². The average Bonchev–Trinajstić information content (AvgIpc) is 2.36. The van der Waals surface area contributed by atoms with Gasteiger partial charge in [0.05, 0.1) is 0 Å². The first-order valence-corrected chi connectivity index (χ1v) is 6.34. The van der Waals surface area contributed by atoms with E-state index in [1.165, 1.54) is 11.8 Å². The molecule has 5 nitrogen and oxygen atoms in total. The van der Waals surface area contributed by atoms with Gasteiger partial charge in [-0.25, -0.2) is 4.79 Å². The summed E-state index contributed by atoms with van der Waals surface area (Å²) >= 11 is 1.42. The van der Waals surface area contributed by atoms with Crippen LogP contribution in [0.25, 0.3) is 0 Å². The number of aldehydes is 1. The monoisotopic (exact) mass is 254 g/mol. The molecule has 0 aliphatic heterocycles. The lowest BCUT2D eigenvalue weighted by Gasteiger charge is -2.27. The minimum absolute atomic E-state index is 0.283. The number of pyridine rings is 1. The van der Waals surface area contributed by atoms with Crippen LogP contribution >= 0.6 is 11.8 Å². The van der Waals surface area contributed by atoms with Crippen LogP contribution in [0.3, 0.4) is 0 Å². The van der Waals surface area contributed by atoms with Crippen LogP contribution in [0.2, 0.25) is 0 Å². The van der Waals surface area contributed by atoms with Crippen LogP contribution in [0.5, 0.6) is 0 Å². The number of carboxylic acids is 1. The largest absolute Gasteiger partial charge is 0.480 e. The first-order valence-electron chi connectivity index (χ1n) is 4.94. The van der Waals surface area contributed by atoms with Gasteiger partial charge in [-0.2, -0.15) is 11.8 Å². The third-order valence-corrected chi connectivity index (χ3v) is 3.19. The summed E-state index contributed by atoms with van der Waals surface area (Å²) in [5.41, 5.74) is 4.26. The van der Waals surface area contributed by atoms with E-state index in [2.05, 4.69) is 4.98 Å². The van der Waals surface area contributed by atoms with Crippen molar-refractivity contribution in [1.82, 2.24) is 4.98 Å². The lowest BCUT2D eigenvalue weighted by molar-refractivity contribution is -0.146. The first kappa shape index (κ1) is 13.7. The molecule has 1 heterocycles. The zero-order chi connectivity index (χ0) is 12.9. The molecule has 0 aromatic carbocycles. The summed E-state index contributed by atoms with van der Waals surface area (Å²) in [5.74, 6) is -1.57. The van der Waals surface area contributed by atoms with Crippen molar-refractivity contribution in [3.05, 3.63) is 30.1 Å². The molecule has 0 saturated heterocycles. The lowest BCUT2D eigenvalue weighted by Crippen LogP contribution is -2.55. The number of carboxylic acid groups (broad SMARTS) is 1. The number of carbonyl (C=O) groups is 2. The summed E-state index contributed by atoms with van der Waals surface area (Å²) in [6.45, 7) is 0. The van der Waals surface area contributed by atoms with E-state index in [0.717, 1.165) is 0 Å². The highest BCUT2D eigenvalue weighted by Crippen LogP contribution is 2.27. The molecule has 6 heteroatoms. The lowest BCUT2D eigenvalue weighted by atomic mass is 9.84. The second-order valence-corrected chi connectivity index (χ2v) is 4.53. The summed E-state index contributed by atoms with van der Waals surface area (Å²) < 4.78 is 0. The SMILES string of the molecule is CSCC(c1ccccn1)C(N)(C=O)C(=O)O. The third-order valence-electron chi connectivity index (χ3n) is 2.52. The Labute approximate surface area is 103 Å². The smallest absolute Gasteiger partial charge is 0.331 e. The minimum Gasteiger partial charge on any atom is -0.480 e. The summed E-state index contributed by atoms with van der Waals surface area (Å²) in [5, 5.41) is 9.10. The van der Waals surface area contributed by atoms with Crippen molar-refractivity contribution in [1.29, 1.82) is 0 Å². The van der Waals surface area contributed by atoms with E-state index in [9.17, 15) is 9.59 Å². The first-order chi connectivity index (χ1) is 8.06. The van der Waals surface area contributed by atoms with Gasteiger partial charge < -0.3 is 15.6 Å². The quantitative estimate of drug-likeness (QED) is 0.567. The summed E-state index contributed by atoms with van der Waals surface area (Å²) in [7, 11) is 0. The van der Waals surface area contributed by atoms with Gasteiger partial charge in [0.15, 0.2) is 11.8 Å². The maximum Gasteiger partial charge on any atom is 0.331 e. The van der Waals surface area contributed by atoms with Gasteiger partial charge in [-0.05, 0) is 18.4 Å². The summed E-state index contributed by atoms with van der Waals surface area (Å²) in [4.78, 5) is 26.2. The molecule has 0 spiro atoms. The van der Waals surface area contributed by atoms with Crippen molar-refractivity contribution < 1.29 is 14.7 Å². The summed E-state index contributed by atoms with van der Waals surface area (Å²) in [6.07, 6.45) is 3.66. The molecule has 0 aliphatic rings. The summed E-state index contributed by atoms with van der Waals surface area (Å²) in [6, 6.07) is 5.14. The van der Waals surface area contributed by atoms with Gasteiger partial charge in [-0.3, -0.25) is 4.98 Å². The highest BCUT2D eigenvalue weighted by molar-refractivity contribution is 7.98. The molecule has 2 unspecified atom stereocenters. The molecule has 1 rings (SSSR count). The molecule has 0 amide bonds. The number of thioether (sulfide) groups is 1. The minimum atomic E-state index is -1.93. The Hall–Kier alpha value is -1.40. The number of hydrogen-bond donors (Lipinski definition) is 2. The second kappa shape index (κ2) is 5.79. The Bertz CT molecular complexity index is 399. The van der Waals surface area contributed by atoms with E-state index in [1.807, 2.05) is 6.26 Å². The zero-order valence-electron chi connectivity index (χ0n) is 9.37. The average molecular weight is 254 g/mol. The van der Waals surface area contributed by atoms with Gasteiger partial charge in [0.25, 0.3) is 0 Å². The van der Waals surface area contributed by atoms with Crippen LogP contribution in [0, 0.1) is 0 Å². The van der Waals surface area contributed by atoms with Crippen molar-refractivity contribution in [2.75, 3.05) is 12.0 Å². The maximum absolute atomic E-state index is 11.1. The molecule has 0 saturated carbocycles. The zero-order valence-corrected chi connectivity index (χ0v) is 10.2. The van der Waals surface area contributed by atoms with E-state index >= 15 is 0 Å². The predicted molar refractivity (Wildman–Crippen MR) is 66.0 cm³/mol.